The van der Waals surface area contributed by atoms with E-state index in [0.29, 0.717) is 17.5 Å². The molecule has 0 amide bonds. The minimum atomic E-state index is -0.0881. The van der Waals surface area contributed by atoms with Crippen molar-refractivity contribution >= 4 is 43.7 Å². The van der Waals surface area contributed by atoms with Crippen LogP contribution in [0.4, 0.5) is 0 Å². The highest BCUT2D eigenvalue weighted by Crippen LogP contribution is 2.63. The van der Waals surface area contributed by atoms with Gasteiger partial charge in [-0.05, 0) is 98.2 Å². The quantitative estimate of drug-likeness (QED) is 0.167. The van der Waals surface area contributed by atoms with Gasteiger partial charge in [0, 0.05) is 38.2 Å². The van der Waals surface area contributed by atoms with Crippen LogP contribution in [0.5, 0.6) is 0 Å². The van der Waals surface area contributed by atoms with Crippen molar-refractivity contribution in [2.24, 2.45) is 5.41 Å². The lowest BCUT2D eigenvalue weighted by molar-refractivity contribution is 0.125. The van der Waals surface area contributed by atoms with E-state index >= 15 is 0 Å². The van der Waals surface area contributed by atoms with Gasteiger partial charge in [-0.2, -0.15) is 0 Å². The second kappa shape index (κ2) is 14.2. The minimum Gasteiger partial charge on any atom is -0.454 e. The van der Waals surface area contributed by atoms with Crippen LogP contribution < -0.4 is 0 Å². The van der Waals surface area contributed by atoms with Crippen LogP contribution >= 0.6 is 0 Å². The van der Waals surface area contributed by atoms with Gasteiger partial charge in [0.15, 0.2) is 23.1 Å². The van der Waals surface area contributed by atoms with E-state index in [1.165, 1.54) is 38.6 Å². The molecule has 8 aromatic carbocycles. The first-order chi connectivity index (χ1) is 31.5. The van der Waals surface area contributed by atoms with E-state index in [1.807, 2.05) is 42.5 Å². The summed E-state index contributed by atoms with van der Waals surface area (Å²) in [4.78, 5) is 15.2. The molecule has 0 unspecified atom stereocenters. The lowest BCUT2D eigenvalue weighted by Crippen LogP contribution is -2.42. The highest BCUT2D eigenvalue weighted by molar-refractivity contribution is 6.13. The first-order valence-electron chi connectivity index (χ1n) is 22.6. The lowest BCUT2D eigenvalue weighted by atomic mass is 9.59. The van der Waals surface area contributed by atoms with Crippen molar-refractivity contribution in [3.8, 4) is 62.1 Å². The van der Waals surface area contributed by atoms with Gasteiger partial charge in [-0.1, -0.05) is 175 Å². The van der Waals surface area contributed by atoms with E-state index in [4.69, 9.17) is 19.4 Å². The second-order valence-electron chi connectivity index (χ2n) is 19.3. The standard InChI is InChI=1S/C60H48N4O/c1-58(2)48-35-45(39-23-17-24-41(33-39)57-62-55(37-19-9-7-10-20-37)61-56(63-57)38-21-11-8-12-22-38)46(36-49(48)59(3,4)60(58,5)6)40-31-32-51-47(34-40)42-25-13-15-28-50(42)64(51)52-29-18-27-44-43-26-14-16-30-53(43)65-54(44)52/h7-36H,1-6H3. The maximum Gasteiger partial charge on any atom is 0.164 e. The third kappa shape index (κ3) is 5.81. The Balaban J connectivity index is 1.08. The first kappa shape index (κ1) is 39.0. The molecular formula is C60H48N4O. The average Bonchev–Trinajstić information content (AvgIpc) is 3.92. The van der Waals surface area contributed by atoms with Crippen LogP contribution in [-0.2, 0) is 10.8 Å². The van der Waals surface area contributed by atoms with Gasteiger partial charge < -0.3 is 8.98 Å². The molecule has 3 aromatic heterocycles. The number of benzene rings is 8. The van der Waals surface area contributed by atoms with Crippen LogP contribution in [0.15, 0.2) is 186 Å². The summed E-state index contributed by atoms with van der Waals surface area (Å²) in [5.41, 5.74) is 15.2. The van der Waals surface area contributed by atoms with E-state index in [0.717, 1.165) is 60.9 Å². The summed E-state index contributed by atoms with van der Waals surface area (Å²) in [7, 11) is 0. The van der Waals surface area contributed by atoms with Crippen molar-refractivity contribution in [1.29, 1.82) is 0 Å². The summed E-state index contributed by atoms with van der Waals surface area (Å²) in [6.07, 6.45) is 0. The van der Waals surface area contributed by atoms with Crippen molar-refractivity contribution in [3.63, 3.8) is 0 Å². The normalized spacial score (nSPS) is 15.0. The van der Waals surface area contributed by atoms with Gasteiger partial charge in [0.25, 0.3) is 0 Å². The molecule has 0 aliphatic heterocycles. The van der Waals surface area contributed by atoms with E-state index in [9.17, 15) is 0 Å². The Hall–Kier alpha value is -7.63. The molecule has 3 heterocycles. The third-order valence-corrected chi connectivity index (χ3v) is 15.4. The fourth-order valence-corrected chi connectivity index (χ4v) is 10.6. The number of fused-ring (bicyclic) bond motifs is 7. The average molecular weight is 841 g/mol. The van der Waals surface area contributed by atoms with Crippen molar-refractivity contribution < 1.29 is 4.42 Å². The van der Waals surface area contributed by atoms with E-state index in [1.54, 1.807) is 0 Å². The van der Waals surface area contributed by atoms with Gasteiger partial charge in [-0.15, -0.1) is 0 Å². The Labute approximate surface area is 379 Å². The number of hydrogen-bond acceptors (Lipinski definition) is 4. The molecule has 11 aromatic rings. The highest BCUT2D eigenvalue weighted by Gasteiger charge is 2.57. The van der Waals surface area contributed by atoms with Gasteiger partial charge in [0.1, 0.15) is 5.58 Å². The molecule has 0 atom stereocenters. The SMILES string of the molecule is CC1(C)c2cc(-c3cccc(-c4nc(-c5ccccc5)nc(-c5ccccc5)n4)c3)c(-c3ccc4c(c3)c3ccccc3n4-c3cccc4c3oc3ccccc34)cc2C(C)(C)C1(C)C. The zero-order valence-corrected chi connectivity index (χ0v) is 37.5. The molecule has 65 heavy (non-hydrogen) atoms. The molecule has 314 valence electrons. The van der Waals surface area contributed by atoms with E-state index in [2.05, 4.69) is 186 Å². The molecule has 12 rings (SSSR count). The molecule has 0 fully saturated rings. The molecule has 1 aliphatic rings. The van der Waals surface area contributed by atoms with Crippen molar-refractivity contribution in [2.45, 2.75) is 52.4 Å². The van der Waals surface area contributed by atoms with Crippen molar-refractivity contribution in [2.75, 3.05) is 0 Å². The van der Waals surface area contributed by atoms with Crippen molar-refractivity contribution in [3.05, 3.63) is 193 Å². The summed E-state index contributed by atoms with van der Waals surface area (Å²) >= 11 is 0. The number of para-hydroxylation sites is 3. The van der Waals surface area contributed by atoms with Crippen LogP contribution in [-0.4, -0.2) is 19.5 Å². The first-order valence-corrected chi connectivity index (χ1v) is 22.6. The lowest BCUT2D eigenvalue weighted by Gasteiger charge is -2.44. The summed E-state index contributed by atoms with van der Waals surface area (Å²) in [6.45, 7) is 14.6. The van der Waals surface area contributed by atoms with Gasteiger partial charge in [0.05, 0.1) is 16.7 Å². The Bertz CT molecular complexity index is 3630. The predicted molar refractivity (Wildman–Crippen MR) is 268 cm³/mol. The van der Waals surface area contributed by atoms with Crippen molar-refractivity contribution in [1.82, 2.24) is 19.5 Å². The smallest absolute Gasteiger partial charge is 0.164 e. The summed E-state index contributed by atoms with van der Waals surface area (Å²) < 4.78 is 9.00. The summed E-state index contributed by atoms with van der Waals surface area (Å²) in [5, 5.41) is 4.63. The molecule has 0 N–H and O–H groups in total. The summed E-state index contributed by atoms with van der Waals surface area (Å²) in [6, 6.07) is 64.7. The van der Waals surface area contributed by atoms with Crippen LogP contribution in [0.25, 0.3) is 106 Å². The Morgan fingerprint density at radius 1 is 0.385 bits per heavy atom. The van der Waals surface area contributed by atoms with E-state index in [-0.39, 0.29) is 16.2 Å². The molecule has 0 spiro atoms. The molecule has 0 saturated heterocycles. The molecular weight excluding hydrogens is 793 g/mol. The van der Waals surface area contributed by atoms with Gasteiger partial charge in [-0.3, -0.25) is 0 Å². The fourth-order valence-electron chi connectivity index (χ4n) is 10.6. The number of hydrogen-bond donors (Lipinski definition) is 0. The number of rotatable bonds is 6. The maximum absolute atomic E-state index is 6.62. The van der Waals surface area contributed by atoms with Gasteiger partial charge >= 0.3 is 0 Å². The van der Waals surface area contributed by atoms with Crippen LogP contribution in [0.3, 0.4) is 0 Å². The topological polar surface area (TPSA) is 56.7 Å². The van der Waals surface area contributed by atoms with Crippen LogP contribution in [0, 0.1) is 5.41 Å². The minimum absolute atomic E-state index is 0.0122. The Morgan fingerprint density at radius 3 is 1.54 bits per heavy atom. The zero-order chi connectivity index (χ0) is 44.2. The Kier molecular flexibility index (Phi) is 8.51. The van der Waals surface area contributed by atoms with Crippen LogP contribution in [0.2, 0.25) is 0 Å². The molecule has 1 aliphatic carbocycles. The summed E-state index contributed by atoms with van der Waals surface area (Å²) in [5.74, 6) is 1.93. The van der Waals surface area contributed by atoms with Gasteiger partial charge in [0.2, 0.25) is 0 Å². The monoisotopic (exact) mass is 840 g/mol. The molecule has 0 saturated carbocycles. The highest BCUT2D eigenvalue weighted by atomic mass is 16.3. The fraction of sp³-hybridized carbons (Fsp3) is 0.150. The number of furan rings is 1. The van der Waals surface area contributed by atoms with Crippen LogP contribution in [0.1, 0.15) is 52.7 Å². The largest absolute Gasteiger partial charge is 0.454 e. The van der Waals surface area contributed by atoms with E-state index < -0.39 is 0 Å². The number of nitrogens with zero attached hydrogens (tertiary/aromatic N) is 4. The maximum atomic E-state index is 6.62. The molecule has 5 nitrogen and oxygen atoms in total. The molecule has 0 radical (unpaired) electrons. The molecule has 5 heteroatoms. The zero-order valence-electron chi connectivity index (χ0n) is 37.5. The molecule has 0 bridgehead atoms. The predicted octanol–water partition coefficient (Wildman–Crippen LogP) is 15.8. The Morgan fingerprint density at radius 2 is 0.877 bits per heavy atom. The third-order valence-electron chi connectivity index (χ3n) is 15.4. The number of aromatic nitrogens is 4. The second-order valence-corrected chi connectivity index (χ2v) is 19.3. The van der Waals surface area contributed by atoms with Gasteiger partial charge in [-0.25, -0.2) is 15.0 Å².